The van der Waals surface area contributed by atoms with Crippen molar-refractivity contribution >= 4 is 21.7 Å². The Bertz CT molecular complexity index is 225. The highest BCUT2D eigenvalue weighted by Crippen LogP contribution is 2.04. The van der Waals surface area contributed by atoms with Crippen molar-refractivity contribution in [3.8, 4) is 0 Å². The van der Waals surface area contributed by atoms with Crippen molar-refractivity contribution in [1.29, 1.82) is 0 Å². The Morgan fingerprint density at radius 3 is 3.00 bits per heavy atom. The Labute approximate surface area is 75.2 Å². The molecule has 1 heterocycles. The van der Waals surface area contributed by atoms with E-state index in [0.29, 0.717) is 0 Å². The third-order valence-corrected chi connectivity index (χ3v) is 1.81. The lowest BCUT2D eigenvalue weighted by molar-refractivity contribution is 1.05. The van der Waals surface area contributed by atoms with Crippen LogP contribution in [-0.2, 0) is 6.42 Å². The molecule has 1 aromatic rings. The number of rotatable bonds is 3. The molecule has 0 saturated heterocycles. The minimum Gasteiger partial charge on any atom is -0.373 e. The lowest BCUT2D eigenvalue weighted by Crippen LogP contribution is -1.96. The van der Waals surface area contributed by atoms with E-state index in [9.17, 15) is 0 Å². The summed E-state index contributed by atoms with van der Waals surface area (Å²) in [4.78, 5) is 4.34. The lowest BCUT2D eigenvalue weighted by atomic mass is 10.3. The van der Waals surface area contributed by atoms with Crippen LogP contribution in [0.4, 0.5) is 5.82 Å². The van der Waals surface area contributed by atoms with Crippen LogP contribution in [0.3, 0.4) is 0 Å². The van der Waals surface area contributed by atoms with Crippen molar-refractivity contribution in [2.24, 2.45) is 0 Å². The molecule has 1 rings (SSSR count). The van der Waals surface area contributed by atoms with Gasteiger partial charge in [-0.15, -0.1) is 0 Å². The van der Waals surface area contributed by atoms with E-state index in [-0.39, 0.29) is 0 Å². The van der Waals surface area contributed by atoms with Gasteiger partial charge in [0.1, 0.15) is 5.82 Å². The fourth-order valence-corrected chi connectivity index (χ4v) is 1.26. The summed E-state index contributed by atoms with van der Waals surface area (Å²) in [5, 5.41) is 3.96. The Balaban J connectivity index is 2.74. The molecule has 60 valence electrons. The molecule has 0 saturated carbocycles. The second-order valence-electron chi connectivity index (χ2n) is 2.20. The van der Waals surface area contributed by atoms with E-state index in [4.69, 9.17) is 0 Å². The zero-order chi connectivity index (χ0) is 8.10. The summed E-state index contributed by atoms with van der Waals surface area (Å²) < 4.78 is 0. The molecule has 0 aliphatic rings. The molecule has 0 unspecified atom stereocenters. The molecule has 2 nitrogen and oxygen atoms in total. The molecule has 11 heavy (non-hydrogen) atoms. The summed E-state index contributed by atoms with van der Waals surface area (Å²) in [5.41, 5.74) is 1.12. The summed E-state index contributed by atoms with van der Waals surface area (Å²) in [6.45, 7) is 0. The molecule has 0 aliphatic heterocycles. The van der Waals surface area contributed by atoms with E-state index in [1.165, 1.54) is 0 Å². The minimum atomic E-state index is 0.934. The van der Waals surface area contributed by atoms with E-state index < -0.39 is 0 Å². The van der Waals surface area contributed by atoms with Crippen LogP contribution in [0.2, 0.25) is 0 Å². The van der Waals surface area contributed by atoms with Crippen molar-refractivity contribution in [3.63, 3.8) is 0 Å². The molecule has 0 bridgehead atoms. The molecule has 0 spiro atoms. The zero-order valence-corrected chi connectivity index (χ0v) is 8.06. The first-order valence-corrected chi connectivity index (χ1v) is 4.68. The number of pyridine rings is 1. The number of hydrogen-bond acceptors (Lipinski definition) is 2. The van der Waals surface area contributed by atoms with Gasteiger partial charge in [0.25, 0.3) is 0 Å². The molecule has 0 fully saturated rings. The smallest absolute Gasteiger partial charge is 0.125 e. The number of anilines is 1. The van der Waals surface area contributed by atoms with Gasteiger partial charge in [-0.1, -0.05) is 22.0 Å². The third-order valence-electron chi connectivity index (χ3n) is 1.41. The fraction of sp³-hybridized carbons (Fsp3) is 0.375. The quantitative estimate of drug-likeness (QED) is 0.780. The maximum absolute atomic E-state index is 4.34. The third kappa shape index (κ3) is 2.50. The van der Waals surface area contributed by atoms with Crippen LogP contribution in [0.1, 0.15) is 5.69 Å². The molecule has 0 amide bonds. The number of nitrogens with zero attached hydrogens (tertiary/aromatic N) is 1. The Kier molecular flexibility index (Phi) is 3.36. The van der Waals surface area contributed by atoms with Gasteiger partial charge in [0.05, 0.1) is 0 Å². The monoisotopic (exact) mass is 214 g/mol. The summed E-state index contributed by atoms with van der Waals surface area (Å²) in [7, 11) is 1.88. The molecular formula is C8H11BrN2. The van der Waals surface area contributed by atoms with Crippen LogP contribution in [0, 0.1) is 0 Å². The van der Waals surface area contributed by atoms with Gasteiger partial charge >= 0.3 is 0 Å². The van der Waals surface area contributed by atoms with Crippen molar-refractivity contribution in [2.75, 3.05) is 17.7 Å². The summed E-state index contributed by atoms with van der Waals surface area (Å²) in [6.07, 6.45) is 0.982. The minimum absolute atomic E-state index is 0.934. The first-order valence-electron chi connectivity index (χ1n) is 3.56. The van der Waals surface area contributed by atoms with Gasteiger partial charge in [0, 0.05) is 18.1 Å². The van der Waals surface area contributed by atoms with Crippen molar-refractivity contribution in [2.45, 2.75) is 6.42 Å². The largest absolute Gasteiger partial charge is 0.373 e. The molecule has 3 heteroatoms. The van der Waals surface area contributed by atoms with Crippen molar-refractivity contribution in [1.82, 2.24) is 4.98 Å². The summed E-state index contributed by atoms with van der Waals surface area (Å²) >= 11 is 3.37. The van der Waals surface area contributed by atoms with E-state index in [0.717, 1.165) is 23.3 Å². The first-order chi connectivity index (χ1) is 5.36. The van der Waals surface area contributed by atoms with E-state index in [1.807, 2.05) is 25.2 Å². The average Bonchev–Trinajstić information content (AvgIpc) is 2.06. The molecule has 1 aromatic heterocycles. The standard InChI is InChI=1S/C8H11BrN2/c1-10-8-4-2-3-7(11-8)5-6-9/h2-4H,5-6H2,1H3,(H,10,11). The van der Waals surface area contributed by atoms with E-state index >= 15 is 0 Å². The van der Waals surface area contributed by atoms with Gasteiger partial charge < -0.3 is 5.32 Å². The SMILES string of the molecule is CNc1cccc(CCBr)n1. The maximum Gasteiger partial charge on any atom is 0.125 e. The van der Waals surface area contributed by atoms with Crippen LogP contribution in [0.5, 0.6) is 0 Å². The molecular weight excluding hydrogens is 204 g/mol. The van der Waals surface area contributed by atoms with Gasteiger partial charge in [0.15, 0.2) is 0 Å². The highest BCUT2D eigenvalue weighted by molar-refractivity contribution is 9.09. The molecule has 0 aromatic carbocycles. The highest BCUT2D eigenvalue weighted by atomic mass is 79.9. The number of aryl methyl sites for hydroxylation is 1. The van der Waals surface area contributed by atoms with Gasteiger partial charge in [-0.05, 0) is 18.6 Å². The molecule has 0 aliphatic carbocycles. The van der Waals surface area contributed by atoms with Gasteiger partial charge in [-0.3, -0.25) is 0 Å². The van der Waals surface area contributed by atoms with Crippen LogP contribution < -0.4 is 5.32 Å². The van der Waals surface area contributed by atoms with E-state index in [1.54, 1.807) is 0 Å². The number of nitrogens with one attached hydrogen (secondary N) is 1. The Hall–Kier alpha value is -0.570. The predicted molar refractivity (Wildman–Crippen MR) is 51.3 cm³/mol. The number of alkyl halides is 1. The topological polar surface area (TPSA) is 24.9 Å². The van der Waals surface area contributed by atoms with Crippen LogP contribution >= 0.6 is 15.9 Å². The summed E-state index contributed by atoms with van der Waals surface area (Å²) in [6, 6.07) is 6.00. The lowest BCUT2D eigenvalue weighted by Gasteiger charge is -2.00. The maximum atomic E-state index is 4.34. The molecule has 1 N–H and O–H groups in total. The normalized spacial score (nSPS) is 9.64. The van der Waals surface area contributed by atoms with Crippen LogP contribution in [0.15, 0.2) is 18.2 Å². The second-order valence-corrected chi connectivity index (χ2v) is 3.00. The number of halogens is 1. The van der Waals surface area contributed by atoms with Crippen LogP contribution in [0.25, 0.3) is 0 Å². The molecule has 0 atom stereocenters. The first kappa shape index (κ1) is 8.53. The van der Waals surface area contributed by atoms with Gasteiger partial charge in [-0.25, -0.2) is 4.98 Å². The van der Waals surface area contributed by atoms with Gasteiger partial charge in [-0.2, -0.15) is 0 Å². The molecule has 0 radical (unpaired) electrons. The Morgan fingerprint density at radius 1 is 1.55 bits per heavy atom. The fourth-order valence-electron chi connectivity index (χ4n) is 0.855. The van der Waals surface area contributed by atoms with Gasteiger partial charge in [0.2, 0.25) is 0 Å². The van der Waals surface area contributed by atoms with Crippen molar-refractivity contribution < 1.29 is 0 Å². The second kappa shape index (κ2) is 4.34. The predicted octanol–water partition coefficient (Wildman–Crippen LogP) is 2.06. The van der Waals surface area contributed by atoms with Crippen molar-refractivity contribution in [3.05, 3.63) is 23.9 Å². The summed E-state index contributed by atoms with van der Waals surface area (Å²) in [5.74, 6) is 0.934. The highest BCUT2D eigenvalue weighted by Gasteiger charge is 1.93. The number of aromatic nitrogens is 1. The average molecular weight is 215 g/mol. The zero-order valence-electron chi connectivity index (χ0n) is 6.47. The van der Waals surface area contributed by atoms with E-state index in [2.05, 4.69) is 26.2 Å². The Morgan fingerprint density at radius 2 is 2.36 bits per heavy atom. The number of hydrogen-bond donors (Lipinski definition) is 1. The van der Waals surface area contributed by atoms with Crippen LogP contribution in [-0.4, -0.2) is 17.4 Å².